The van der Waals surface area contributed by atoms with Crippen molar-refractivity contribution in [3.63, 3.8) is 0 Å². The van der Waals surface area contributed by atoms with Crippen LogP contribution >= 0.6 is 0 Å². The molecule has 0 fully saturated rings. The highest BCUT2D eigenvalue weighted by Crippen LogP contribution is 2.29. The van der Waals surface area contributed by atoms with Crippen molar-refractivity contribution in [2.24, 2.45) is 0 Å². The second-order valence-electron chi connectivity index (χ2n) is 5.30. The first-order chi connectivity index (χ1) is 11.4. The molecule has 1 aromatic heterocycles. The molecule has 3 aromatic rings. The smallest absolute Gasteiger partial charge is 0.416 e. The summed E-state index contributed by atoms with van der Waals surface area (Å²) in [7, 11) is 0. The van der Waals surface area contributed by atoms with Crippen molar-refractivity contribution in [3.05, 3.63) is 65.5 Å². The molecule has 0 unspecified atom stereocenters. The molecule has 0 saturated heterocycles. The molecule has 4 nitrogen and oxygen atoms in total. The normalized spacial score (nSPS) is 11.5. The van der Waals surface area contributed by atoms with E-state index >= 15 is 0 Å². The number of hydrogen-bond acceptors (Lipinski definition) is 4. The minimum atomic E-state index is -4.34. The van der Waals surface area contributed by atoms with Gasteiger partial charge in [0.25, 0.3) is 0 Å². The van der Waals surface area contributed by atoms with Gasteiger partial charge < -0.3 is 9.73 Å². The van der Waals surface area contributed by atoms with Crippen LogP contribution in [0.2, 0.25) is 0 Å². The number of alkyl halides is 3. The molecule has 24 heavy (non-hydrogen) atoms. The number of aryl methyl sites for hydroxylation is 1. The van der Waals surface area contributed by atoms with E-state index in [0.717, 1.165) is 23.3 Å². The van der Waals surface area contributed by atoms with Gasteiger partial charge in [-0.2, -0.15) is 13.2 Å². The Morgan fingerprint density at radius 1 is 0.958 bits per heavy atom. The van der Waals surface area contributed by atoms with Crippen LogP contribution in [0.25, 0.3) is 11.5 Å². The van der Waals surface area contributed by atoms with Gasteiger partial charge in [0, 0.05) is 11.3 Å². The van der Waals surface area contributed by atoms with Crippen molar-refractivity contribution in [1.82, 2.24) is 10.2 Å². The van der Waals surface area contributed by atoms with Gasteiger partial charge in [0.15, 0.2) is 0 Å². The van der Waals surface area contributed by atoms with E-state index in [2.05, 4.69) is 15.5 Å². The number of anilines is 1. The Morgan fingerprint density at radius 3 is 2.25 bits per heavy atom. The van der Waals surface area contributed by atoms with E-state index in [1.54, 1.807) is 0 Å². The summed E-state index contributed by atoms with van der Waals surface area (Å²) in [5.41, 5.74) is 1.79. The molecule has 0 aliphatic carbocycles. The number of nitrogens with zero attached hydrogens (tertiary/aromatic N) is 2. The van der Waals surface area contributed by atoms with E-state index in [-0.39, 0.29) is 6.54 Å². The first-order valence-corrected chi connectivity index (χ1v) is 7.22. The summed E-state index contributed by atoms with van der Waals surface area (Å²) >= 11 is 0. The third-order valence-electron chi connectivity index (χ3n) is 3.42. The topological polar surface area (TPSA) is 51.0 Å². The quantitative estimate of drug-likeness (QED) is 0.753. The Balaban J connectivity index is 1.64. The summed E-state index contributed by atoms with van der Waals surface area (Å²) in [6, 6.07) is 12.4. The van der Waals surface area contributed by atoms with E-state index < -0.39 is 11.7 Å². The van der Waals surface area contributed by atoms with E-state index in [9.17, 15) is 13.2 Å². The van der Waals surface area contributed by atoms with E-state index in [0.29, 0.717) is 17.5 Å². The van der Waals surface area contributed by atoms with Gasteiger partial charge in [-0.05, 0) is 43.3 Å². The highest BCUT2D eigenvalue weighted by atomic mass is 19.4. The standard InChI is InChI=1S/C17H14F3N3O/c1-11-2-4-12(5-3-11)16-23-22-15(24-16)10-21-14-8-6-13(7-9-14)17(18,19)20/h2-9,21H,10H2,1H3. The van der Waals surface area contributed by atoms with Gasteiger partial charge in [-0.25, -0.2) is 0 Å². The van der Waals surface area contributed by atoms with Crippen molar-refractivity contribution < 1.29 is 17.6 Å². The van der Waals surface area contributed by atoms with Crippen LogP contribution in [0.1, 0.15) is 17.0 Å². The molecule has 124 valence electrons. The fraction of sp³-hybridized carbons (Fsp3) is 0.176. The fourth-order valence-electron chi connectivity index (χ4n) is 2.09. The van der Waals surface area contributed by atoms with Crippen LogP contribution in [0.4, 0.5) is 18.9 Å². The molecule has 0 amide bonds. The summed E-state index contributed by atoms with van der Waals surface area (Å²) in [4.78, 5) is 0. The third-order valence-corrected chi connectivity index (χ3v) is 3.42. The van der Waals surface area contributed by atoms with Gasteiger partial charge in [0.2, 0.25) is 11.8 Å². The van der Waals surface area contributed by atoms with Crippen molar-refractivity contribution in [3.8, 4) is 11.5 Å². The Kier molecular flexibility index (Phi) is 4.24. The lowest BCUT2D eigenvalue weighted by atomic mass is 10.1. The molecule has 0 spiro atoms. The molecule has 0 aliphatic rings. The Bertz CT molecular complexity index is 808. The molecule has 2 aromatic carbocycles. The van der Waals surface area contributed by atoms with Crippen molar-refractivity contribution >= 4 is 5.69 Å². The lowest BCUT2D eigenvalue weighted by Crippen LogP contribution is -2.05. The summed E-state index contributed by atoms with van der Waals surface area (Å²) in [5.74, 6) is 0.754. The molecule has 7 heteroatoms. The van der Waals surface area contributed by atoms with Crippen LogP contribution < -0.4 is 5.32 Å². The van der Waals surface area contributed by atoms with Gasteiger partial charge in [-0.3, -0.25) is 0 Å². The fourth-order valence-corrected chi connectivity index (χ4v) is 2.09. The minimum absolute atomic E-state index is 0.226. The highest BCUT2D eigenvalue weighted by molar-refractivity contribution is 5.53. The monoisotopic (exact) mass is 333 g/mol. The summed E-state index contributed by atoms with van der Waals surface area (Å²) in [6.45, 7) is 2.21. The molecule has 0 saturated carbocycles. The SMILES string of the molecule is Cc1ccc(-c2nnc(CNc3ccc(C(F)(F)F)cc3)o2)cc1. The van der Waals surface area contributed by atoms with Gasteiger partial charge in [-0.1, -0.05) is 17.7 Å². The van der Waals surface area contributed by atoms with Crippen LogP contribution in [-0.4, -0.2) is 10.2 Å². The lowest BCUT2D eigenvalue weighted by molar-refractivity contribution is -0.137. The highest BCUT2D eigenvalue weighted by Gasteiger charge is 2.29. The third kappa shape index (κ3) is 3.73. The Labute approximate surface area is 136 Å². The second kappa shape index (κ2) is 6.35. The van der Waals surface area contributed by atoms with Crippen LogP contribution in [0, 0.1) is 6.92 Å². The first-order valence-electron chi connectivity index (χ1n) is 7.22. The average molecular weight is 333 g/mol. The number of nitrogens with one attached hydrogen (secondary N) is 1. The molecule has 0 aliphatic heterocycles. The van der Waals surface area contributed by atoms with E-state index in [4.69, 9.17) is 4.42 Å². The van der Waals surface area contributed by atoms with Crippen molar-refractivity contribution in [2.75, 3.05) is 5.32 Å². The lowest BCUT2D eigenvalue weighted by Gasteiger charge is -2.08. The van der Waals surface area contributed by atoms with E-state index in [1.807, 2.05) is 31.2 Å². The molecular formula is C17H14F3N3O. The number of benzene rings is 2. The molecule has 1 N–H and O–H groups in total. The summed E-state index contributed by atoms with van der Waals surface area (Å²) in [6.07, 6.45) is -4.34. The predicted octanol–water partition coefficient (Wildman–Crippen LogP) is 4.68. The number of rotatable bonds is 4. The second-order valence-corrected chi connectivity index (χ2v) is 5.30. The van der Waals surface area contributed by atoms with Crippen LogP contribution in [0.5, 0.6) is 0 Å². The zero-order valence-corrected chi connectivity index (χ0v) is 12.8. The molecular weight excluding hydrogens is 319 g/mol. The van der Waals surface area contributed by atoms with Gasteiger partial charge in [-0.15, -0.1) is 10.2 Å². The molecule has 3 rings (SSSR count). The number of halogens is 3. The Hall–Kier alpha value is -2.83. The average Bonchev–Trinajstić information content (AvgIpc) is 3.02. The van der Waals surface area contributed by atoms with Crippen LogP contribution in [0.15, 0.2) is 52.9 Å². The predicted molar refractivity (Wildman–Crippen MR) is 83.2 cm³/mol. The maximum absolute atomic E-state index is 12.5. The Morgan fingerprint density at radius 2 is 1.62 bits per heavy atom. The van der Waals surface area contributed by atoms with Crippen LogP contribution in [0.3, 0.4) is 0 Å². The molecule has 0 bridgehead atoms. The summed E-state index contributed by atoms with van der Waals surface area (Å²) < 4.78 is 43.1. The van der Waals surface area contributed by atoms with Crippen molar-refractivity contribution in [1.29, 1.82) is 0 Å². The molecule has 0 atom stereocenters. The summed E-state index contributed by atoms with van der Waals surface area (Å²) in [5, 5.41) is 10.8. The first kappa shape index (κ1) is 16.0. The van der Waals surface area contributed by atoms with Gasteiger partial charge >= 0.3 is 6.18 Å². The number of hydrogen-bond donors (Lipinski definition) is 1. The largest absolute Gasteiger partial charge is 0.419 e. The van der Waals surface area contributed by atoms with Crippen LogP contribution in [-0.2, 0) is 12.7 Å². The zero-order valence-electron chi connectivity index (χ0n) is 12.8. The minimum Gasteiger partial charge on any atom is -0.419 e. The van der Waals surface area contributed by atoms with Gasteiger partial charge in [0.05, 0.1) is 12.1 Å². The number of aromatic nitrogens is 2. The van der Waals surface area contributed by atoms with Gasteiger partial charge in [0.1, 0.15) is 0 Å². The molecule has 1 heterocycles. The molecule has 0 radical (unpaired) electrons. The van der Waals surface area contributed by atoms with Crippen molar-refractivity contribution in [2.45, 2.75) is 19.6 Å². The maximum Gasteiger partial charge on any atom is 0.416 e. The van der Waals surface area contributed by atoms with E-state index in [1.165, 1.54) is 12.1 Å². The zero-order chi connectivity index (χ0) is 17.2. The maximum atomic E-state index is 12.5.